The lowest BCUT2D eigenvalue weighted by Crippen LogP contribution is -2.37. The molecular formula is C20H18F3NO2. The van der Waals surface area contributed by atoms with Crippen LogP contribution in [0.4, 0.5) is 13.2 Å². The van der Waals surface area contributed by atoms with Crippen LogP contribution in [0, 0.1) is 11.8 Å². The molecule has 0 saturated heterocycles. The molecule has 0 fully saturated rings. The standard InChI is InChI=1S/C20H18F3NO2/c21-20(22,23)19(26)24-13-5-8-15-6-4-7-16(14-15)11-12-18(25)17-9-2-1-3-10-17/h1-4,6-7,9-10,14,18,25H,5,8,13H2,(H,24,26)/t18-/m0/s1. The molecule has 0 aliphatic carbocycles. The van der Waals surface area contributed by atoms with Crippen LogP contribution >= 0.6 is 0 Å². The van der Waals surface area contributed by atoms with E-state index in [-0.39, 0.29) is 6.54 Å². The maximum absolute atomic E-state index is 12.1. The number of aryl methyl sites for hydroxylation is 1. The number of carbonyl (C=O) groups excluding carboxylic acids is 1. The van der Waals surface area contributed by atoms with E-state index in [9.17, 15) is 23.1 Å². The molecule has 1 amide bonds. The fraction of sp³-hybridized carbons (Fsp3) is 0.250. The van der Waals surface area contributed by atoms with E-state index in [1.807, 2.05) is 35.6 Å². The third kappa shape index (κ3) is 6.26. The summed E-state index contributed by atoms with van der Waals surface area (Å²) in [5.74, 6) is 3.73. The van der Waals surface area contributed by atoms with E-state index >= 15 is 0 Å². The summed E-state index contributed by atoms with van der Waals surface area (Å²) in [6.07, 6.45) is -4.85. The number of benzene rings is 2. The largest absolute Gasteiger partial charge is 0.471 e. The summed E-state index contributed by atoms with van der Waals surface area (Å²) in [7, 11) is 0. The molecule has 136 valence electrons. The lowest BCUT2D eigenvalue weighted by Gasteiger charge is -2.07. The third-order valence-corrected chi connectivity index (χ3v) is 3.58. The summed E-state index contributed by atoms with van der Waals surface area (Å²) in [4.78, 5) is 10.7. The average Bonchev–Trinajstić information content (AvgIpc) is 2.63. The van der Waals surface area contributed by atoms with Crippen LogP contribution in [0.1, 0.15) is 29.2 Å². The zero-order chi connectivity index (χ0) is 19.0. The average molecular weight is 361 g/mol. The van der Waals surface area contributed by atoms with E-state index < -0.39 is 18.2 Å². The maximum Gasteiger partial charge on any atom is 0.471 e. The van der Waals surface area contributed by atoms with E-state index in [1.165, 1.54) is 0 Å². The first-order valence-corrected chi connectivity index (χ1v) is 8.05. The van der Waals surface area contributed by atoms with Crippen LogP contribution in [0.5, 0.6) is 0 Å². The monoisotopic (exact) mass is 361 g/mol. The Balaban J connectivity index is 1.88. The second-order valence-corrected chi connectivity index (χ2v) is 5.64. The molecule has 0 saturated carbocycles. The molecule has 0 aromatic heterocycles. The lowest BCUT2D eigenvalue weighted by atomic mass is 10.1. The number of aliphatic hydroxyl groups is 1. The van der Waals surface area contributed by atoms with Gasteiger partial charge in [0.1, 0.15) is 6.10 Å². The summed E-state index contributed by atoms with van der Waals surface area (Å²) in [5.41, 5.74) is 2.31. The van der Waals surface area contributed by atoms with Crippen molar-refractivity contribution in [2.75, 3.05) is 6.54 Å². The highest BCUT2D eigenvalue weighted by Gasteiger charge is 2.38. The van der Waals surface area contributed by atoms with Crippen LogP contribution in [0.3, 0.4) is 0 Å². The molecule has 0 aliphatic rings. The molecule has 2 rings (SSSR count). The molecule has 0 bridgehead atoms. The molecule has 2 aromatic carbocycles. The van der Waals surface area contributed by atoms with Gasteiger partial charge < -0.3 is 10.4 Å². The van der Waals surface area contributed by atoms with Gasteiger partial charge in [0.05, 0.1) is 0 Å². The smallest absolute Gasteiger partial charge is 0.376 e. The maximum atomic E-state index is 12.1. The summed E-state index contributed by atoms with van der Waals surface area (Å²) in [5, 5.41) is 11.9. The molecule has 6 heteroatoms. The Kier molecular flexibility index (Phi) is 6.81. The van der Waals surface area contributed by atoms with Gasteiger partial charge in [0.2, 0.25) is 0 Å². The molecular weight excluding hydrogens is 343 g/mol. The Morgan fingerprint density at radius 3 is 2.54 bits per heavy atom. The van der Waals surface area contributed by atoms with Gasteiger partial charge in [0.25, 0.3) is 0 Å². The van der Waals surface area contributed by atoms with Gasteiger partial charge >= 0.3 is 12.1 Å². The third-order valence-electron chi connectivity index (χ3n) is 3.58. The first-order chi connectivity index (χ1) is 12.4. The van der Waals surface area contributed by atoms with E-state index in [0.29, 0.717) is 24.0 Å². The summed E-state index contributed by atoms with van der Waals surface area (Å²) in [6.45, 7) is -0.0546. The fourth-order valence-electron chi connectivity index (χ4n) is 2.27. The molecule has 0 heterocycles. The van der Waals surface area contributed by atoms with Crippen LogP contribution < -0.4 is 5.32 Å². The number of aliphatic hydroxyl groups excluding tert-OH is 1. The molecule has 3 nitrogen and oxygen atoms in total. The normalized spacial score (nSPS) is 12.0. The summed E-state index contributed by atoms with van der Waals surface area (Å²) in [6, 6.07) is 16.3. The number of rotatable bonds is 5. The van der Waals surface area contributed by atoms with Gasteiger partial charge in [-0.2, -0.15) is 13.2 Å². The van der Waals surface area contributed by atoms with Crippen LogP contribution in [-0.4, -0.2) is 23.7 Å². The van der Waals surface area contributed by atoms with Gasteiger partial charge in [-0.25, -0.2) is 0 Å². The van der Waals surface area contributed by atoms with Gasteiger partial charge in [-0.3, -0.25) is 4.79 Å². The minimum atomic E-state index is -4.85. The summed E-state index contributed by atoms with van der Waals surface area (Å²) < 4.78 is 36.2. The Labute approximate surface area is 149 Å². The van der Waals surface area contributed by atoms with Crippen molar-refractivity contribution in [3.8, 4) is 11.8 Å². The van der Waals surface area contributed by atoms with Crippen molar-refractivity contribution >= 4 is 5.91 Å². The molecule has 0 spiro atoms. The number of nitrogens with one attached hydrogen (secondary N) is 1. The van der Waals surface area contributed by atoms with Crippen LogP contribution in [0.15, 0.2) is 54.6 Å². The molecule has 2 N–H and O–H groups in total. The minimum absolute atomic E-state index is 0.0546. The Morgan fingerprint density at radius 2 is 1.85 bits per heavy atom. The van der Waals surface area contributed by atoms with E-state index in [1.54, 1.807) is 24.3 Å². The number of carbonyl (C=O) groups is 1. The summed E-state index contributed by atoms with van der Waals surface area (Å²) >= 11 is 0. The molecule has 0 aliphatic heterocycles. The molecule has 0 radical (unpaired) electrons. The van der Waals surface area contributed by atoms with Crippen molar-refractivity contribution in [2.24, 2.45) is 0 Å². The van der Waals surface area contributed by atoms with Gasteiger partial charge in [-0.15, -0.1) is 0 Å². The Bertz CT molecular complexity index is 792. The van der Waals surface area contributed by atoms with E-state index in [4.69, 9.17) is 0 Å². The number of halogens is 3. The van der Waals surface area contributed by atoms with Crippen molar-refractivity contribution in [1.82, 2.24) is 5.32 Å². The number of amides is 1. The second-order valence-electron chi connectivity index (χ2n) is 5.64. The van der Waals surface area contributed by atoms with Crippen LogP contribution in [-0.2, 0) is 11.2 Å². The van der Waals surface area contributed by atoms with Gasteiger partial charge in [-0.1, -0.05) is 54.3 Å². The quantitative estimate of drug-likeness (QED) is 0.634. The highest BCUT2D eigenvalue weighted by atomic mass is 19.4. The first-order valence-electron chi connectivity index (χ1n) is 8.05. The highest BCUT2D eigenvalue weighted by Crippen LogP contribution is 2.14. The van der Waals surface area contributed by atoms with E-state index in [0.717, 1.165) is 5.56 Å². The topological polar surface area (TPSA) is 49.3 Å². The highest BCUT2D eigenvalue weighted by molar-refractivity contribution is 5.81. The predicted molar refractivity (Wildman–Crippen MR) is 92.1 cm³/mol. The van der Waals surface area contributed by atoms with E-state index in [2.05, 4.69) is 11.8 Å². The van der Waals surface area contributed by atoms with Crippen LogP contribution in [0.25, 0.3) is 0 Å². The van der Waals surface area contributed by atoms with Crippen molar-refractivity contribution in [3.63, 3.8) is 0 Å². The second kappa shape index (κ2) is 9.07. The predicted octanol–water partition coefficient (Wildman–Crippen LogP) is 3.38. The zero-order valence-corrected chi connectivity index (χ0v) is 13.9. The van der Waals surface area contributed by atoms with Crippen LogP contribution in [0.2, 0.25) is 0 Å². The number of hydrogen-bond donors (Lipinski definition) is 2. The zero-order valence-electron chi connectivity index (χ0n) is 13.9. The Morgan fingerprint density at radius 1 is 1.12 bits per heavy atom. The van der Waals surface area contributed by atoms with Crippen molar-refractivity contribution in [1.29, 1.82) is 0 Å². The molecule has 26 heavy (non-hydrogen) atoms. The van der Waals surface area contributed by atoms with Crippen molar-refractivity contribution in [2.45, 2.75) is 25.1 Å². The molecule has 1 atom stereocenters. The number of alkyl halides is 3. The van der Waals surface area contributed by atoms with Gasteiger partial charge in [0, 0.05) is 12.1 Å². The number of hydrogen-bond acceptors (Lipinski definition) is 2. The minimum Gasteiger partial charge on any atom is -0.376 e. The molecule has 2 aromatic rings. The van der Waals surface area contributed by atoms with Crippen molar-refractivity contribution in [3.05, 3.63) is 71.3 Å². The molecule has 0 unspecified atom stereocenters. The van der Waals surface area contributed by atoms with Crippen molar-refractivity contribution < 1.29 is 23.1 Å². The first kappa shape index (κ1) is 19.5. The Hall–Kier alpha value is -2.78. The van der Waals surface area contributed by atoms with Gasteiger partial charge in [0.15, 0.2) is 0 Å². The van der Waals surface area contributed by atoms with Gasteiger partial charge in [-0.05, 0) is 36.1 Å². The fourth-order valence-corrected chi connectivity index (χ4v) is 2.27. The SMILES string of the molecule is O=C(NCCCc1cccc(C#C[C@H](O)c2ccccc2)c1)C(F)(F)F. The lowest BCUT2D eigenvalue weighted by molar-refractivity contribution is -0.173.